The van der Waals surface area contributed by atoms with Crippen LogP contribution in [-0.2, 0) is 11.2 Å². The van der Waals surface area contributed by atoms with E-state index < -0.39 is 11.7 Å². The zero-order valence-corrected chi connectivity index (χ0v) is 21.0. The van der Waals surface area contributed by atoms with Crippen LogP contribution in [0.1, 0.15) is 30.1 Å². The first kappa shape index (κ1) is 26.6. The molecule has 1 atom stereocenters. The van der Waals surface area contributed by atoms with Crippen LogP contribution in [0.15, 0.2) is 53.3 Å². The number of likely N-dealkylation sites (tertiary alicyclic amines) is 1. The number of nitrogens with zero attached hydrogens (tertiary/aromatic N) is 1. The monoisotopic (exact) mass is 515 g/mol. The highest BCUT2D eigenvalue weighted by atomic mass is 35.5. The third-order valence-electron chi connectivity index (χ3n) is 6.87. The number of fused-ring (bicyclic) bond motifs is 1. The maximum absolute atomic E-state index is 11.6. The molecular weight excluding hydrogens is 482 g/mol. The van der Waals surface area contributed by atoms with Gasteiger partial charge in [0.25, 0.3) is 0 Å². The van der Waals surface area contributed by atoms with Crippen molar-refractivity contribution in [2.45, 2.75) is 31.0 Å². The smallest absolute Gasteiger partial charge is 0.248 e. The molecule has 8 nitrogen and oxygen atoms in total. The first-order valence-corrected chi connectivity index (χ1v) is 12.7. The summed E-state index contributed by atoms with van der Waals surface area (Å²) in [5, 5.41) is 36.3. The van der Waals surface area contributed by atoms with Crippen molar-refractivity contribution in [3.05, 3.63) is 75.0 Å². The van der Waals surface area contributed by atoms with E-state index in [-0.39, 0.29) is 17.9 Å². The largest absolute Gasteiger partial charge is 0.506 e. The number of benzene rings is 2. The van der Waals surface area contributed by atoms with Gasteiger partial charge in [-0.15, -0.1) is 0 Å². The Morgan fingerprint density at radius 1 is 1.11 bits per heavy atom. The fourth-order valence-electron chi connectivity index (χ4n) is 4.65. The first-order chi connectivity index (χ1) is 17.3. The number of nitrogens with one attached hydrogen (secondary N) is 2. The van der Waals surface area contributed by atoms with Crippen molar-refractivity contribution in [2.75, 3.05) is 45.9 Å². The number of H-pyrrole nitrogens is 1. The summed E-state index contributed by atoms with van der Waals surface area (Å²) in [5.41, 5.74) is 0.845. The van der Waals surface area contributed by atoms with E-state index >= 15 is 0 Å². The number of hydrogen-bond donors (Lipinski definition) is 5. The minimum Gasteiger partial charge on any atom is -0.506 e. The molecule has 2 heterocycles. The number of halogens is 1. The van der Waals surface area contributed by atoms with Gasteiger partial charge in [-0.05, 0) is 48.6 Å². The van der Waals surface area contributed by atoms with Crippen LogP contribution in [0.5, 0.6) is 5.75 Å². The molecule has 0 bridgehead atoms. The molecular formula is C27H34ClN3O5. The molecule has 0 aliphatic carbocycles. The Balaban J connectivity index is 1.17. The van der Waals surface area contributed by atoms with Crippen molar-refractivity contribution in [3.8, 4) is 5.75 Å². The second-order valence-corrected chi connectivity index (χ2v) is 9.86. The molecule has 1 saturated heterocycles. The number of aromatic nitrogens is 1. The van der Waals surface area contributed by atoms with Crippen LogP contribution >= 0.6 is 11.6 Å². The summed E-state index contributed by atoms with van der Waals surface area (Å²) in [6.07, 6.45) is 1.21. The summed E-state index contributed by atoms with van der Waals surface area (Å²) in [6.45, 7) is 4.26. The quantitative estimate of drug-likeness (QED) is 0.249. The van der Waals surface area contributed by atoms with E-state index in [0.29, 0.717) is 49.1 Å². The summed E-state index contributed by atoms with van der Waals surface area (Å²) >= 11 is 6.18. The molecule has 1 aliphatic rings. The average Bonchev–Trinajstić information content (AvgIpc) is 2.86. The highest BCUT2D eigenvalue weighted by Gasteiger charge is 2.32. The second-order valence-electron chi connectivity index (χ2n) is 9.45. The molecule has 1 aliphatic heterocycles. The summed E-state index contributed by atoms with van der Waals surface area (Å²) < 4.78 is 5.79. The van der Waals surface area contributed by atoms with Gasteiger partial charge < -0.3 is 35.3 Å². The van der Waals surface area contributed by atoms with Crippen molar-refractivity contribution in [2.24, 2.45) is 0 Å². The van der Waals surface area contributed by atoms with Gasteiger partial charge in [-0.1, -0.05) is 35.9 Å². The molecule has 1 aromatic heterocycles. The van der Waals surface area contributed by atoms with Crippen molar-refractivity contribution < 1.29 is 20.1 Å². The van der Waals surface area contributed by atoms with Crippen molar-refractivity contribution in [1.29, 1.82) is 0 Å². The standard InChI is InChI=1S/C27H34ClN3O5/c28-22-4-2-1-3-19(22)9-15-36-16-14-31-12-10-27(35,11-13-31)18-29-17-24(33)20-5-7-23(32)26-21(20)6-8-25(34)30-26/h1-8,24,29,32-33,35H,9-18H2,(H,30,34)/t24-/m0/s1. The summed E-state index contributed by atoms with van der Waals surface area (Å²) in [6, 6.07) is 13.9. The summed E-state index contributed by atoms with van der Waals surface area (Å²) in [4.78, 5) is 16.5. The molecule has 1 fully saturated rings. The van der Waals surface area contributed by atoms with E-state index in [4.69, 9.17) is 16.3 Å². The molecule has 0 saturated carbocycles. The normalized spacial score (nSPS) is 16.9. The Hall–Kier alpha value is -2.46. The minimum atomic E-state index is -0.856. The lowest BCUT2D eigenvalue weighted by molar-refractivity contribution is -0.0266. The first-order valence-electron chi connectivity index (χ1n) is 12.3. The molecule has 5 N–H and O–H groups in total. The fraction of sp³-hybridized carbons (Fsp3) is 0.444. The molecule has 3 aromatic rings. The van der Waals surface area contributed by atoms with Gasteiger partial charge in [-0.25, -0.2) is 0 Å². The molecule has 9 heteroatoms. The maximum Gasteiger partial charge on any atom is 0.248 e. The number of ether oxygens (including phenoxy) is 1. The highest BCUT2D eigenvalue weighted by Crippen LogP contribution is 2.29. The van der Waals surface area contributed by atoms with Crippen LogP contribution in [-0.4, -0.2) is 76.7 Å². The molecule has 0 spiro atoms. The molecule has 0 unspecified atom stereocenters. The number of aliphatic hydroxyl groups is 2. The number of phenols is 1. The van der Waals surface area contributed by atoms with Gasteiger partial charge in [0.1, 0.15) is 5.75 Å². The van der Waals surface area contributed by atoms with Crippen LogP contribution in [0.2, 0.25) is 5.02 Å². The van der Waals surface area contributed by atoms with Gasteiger partial charge >= 0.3 is 0 Å². The Labute approximate surface area is 215 Å². The van der Waals surface area contributed by atoms with Gasteiger partial charge in [0.05, 0.1) is 30.4 Å². The molecule has 0 radical (unpaired) electrons. The average molecular weight is 516 g/mol. The predicted octanol–water partition coefficient (Wildman–Crippen LogP) is 2.60. The number of aromatic hydroxyl groups is 1. The lowest BCUT2D eigenvalue weighted by Crippen LogP contribution is -2.50. The topological polar surface area (TPSA) is 118 Å². The predicted molar refractivity (Wildman–Crippen MR) is 141 cm³/mol. The Bertz CT molecular complexity index is 1210. The Morgan fingerprint density at radius 3 is 2.67 bits per heavy atom. The maximum atomic E-state index is 11.6. The molecule has 194 valence electrons. The van der Waals surface area contributed by atoms with Gasteiger partial charge in [0, 0.05) is 49.2 Å². The van der Waals surface area contributed by atoms with E-state index in [9.17, 15) is 20.1 Å². The second kappa shape index (κ2) is 12.2. The van der Waals surface area contributed by atoms with E-state index in [1.807, 2.05) is 24.3 Å². The van der Waals surface area contributed by atoms with E-state index in [0.717, 1.165) is 36.6 Å². The number of hydrogen-bond acceptors (Lipinski definition) is 7. The number of aliphatic hydroxyl groups excluding tert-OH is 1. The molecule has 2 aromatic carbocycles. The van der Waals surface area contributed by atoms with E-state index in [1.54, 1.807) is 12.1 Å². The van der Waals surface area contributed by atoms with E-state index in [2.05, 4.69) is 15.2 Å². The van der Waals surface area contributed by atoms with Gasteiger partial charge in [-0.3, -0.25) is 4.79 Å². The minimum absolute atomic E-state index is 0.0429. The summed E-state index contributed by atoms with van der Waals surface area (Å²) in [7, 11) is 0. The van der Waals surface area contributed by atoms with Gasteiger partial charge in [-0.2, -0.15) is 0 Å². The Kier molecular flexibility index (Phi) is 9.00. The van der Waals surface area contributed by atoms with Crippen molar-refractivity contribution >= 4 is 22.5 Å². The fourth-order valence-corrected chi connectivity index (χ4v) is 4.88. The molecule has 0 amide bonds. The third kappa shape index (κ3) is 6.85. The van der Waals surface area contributed by atoms with Crippen LogP contribution in [0.25, 0.3) is 10.9 Å². The van der Waals surface area contributed by atoms with E-state index in [1.165, 1.54) is 12.1 Å². The third-order valence-corrected chi connectivity index (χ3v) is 7.24. The van der Waals surface area contributed by atoms with Crippen LogP contribution in [0.3, 0.4) is 0 Å². The van der Waals surface area contributed by atoms with Crippen molar-refractivity contribution in [3.63, 3.8) is 0 Å². The highest BCUT2D eigenvalue weighted by molar-refractivity contribution is 6.31. The Morgan fingerprint density at radius 2 is 1.89 bits per heavy atom. The summed E-state index contributed by atoms with van der Waals surface area (Å²) in [5.74, 6) is -0.0429. The zero-order chi connectivity index (χ0) is 25.5. The number of phenolic OH excluding ortho intramolecular Hbond substituents is 1. The lowest BCUT2D eigenvalue weighted by Gasteiger charge is -2.38. The number of aromatic amines is 1. The number of pyridine rings is 1. The van der Waals surface area contributed by atoms with Crippen molar-refractivity contribution in [1.82, 2.24) is 15.2 Å². The SMILES string of the molecule is O=c1ccc2c([C@@H](O)CNCC3(O)CCN(CCOCCc4ccccc4Cl)CC3)ccc(O)c2[nH]1. The molecule has 36 heavy (non-hydrogen) atoms. The van der Waals surface area contributed by atoms with Crippen LogP contribution < -0.4 is 10.9 Å². The van der Waals surface area contributed by atoms with Gasteiger partial charge in [0.2, 0.25) is 5.56 Å². The number of rotatable bonds is 11. The number of piperidine rings is 1. The zero-order valence-electron chi connectivity index (χ0n) is 20.3. The lowest BCUT2D eigenvalue weighted by atomic mass is 9.91. The molecule has 4 rings (SSSR count). The van der Waals surface area contributed by atoms with Crippen LogP contribution in [0.4, 0.5) is 0 Å². The van der Waals surface area contributed by atoms with Gasteiger partial charge in [0.15, 0.2) is 0 Å². The van der Waals surface area contributed by atoms with Crippen LogP contribution in [0, 0.1) is 0 Å².